The largest absolute Gasteiger partial charge is 0.449 e. The first-order valence-electron chi connectivity index (χ1n) is 4.52. The fourth-order valence-electron chi connectivity index (χ4n) is 1.39. The second-order valence-electron chi connectivity index (χ2n) is 3.31. The summed E-state index contributed by atoms with van der Waals surface area (Å²) in [4.78, 5) is 4.36. The van der Waals surface area contributed by atoms with Gasteiger partial charge in [-0.3, -0.25) is 0 Å². The molecule has 1 aromatic heterocycles. The van der Waals surface area contributed by atoms with Crippen LogP contribution in [0.1, 0.15) is 18.5 Å². The molecule has 3 heteroatoms. The molecule has 0 aliphatic carbocycles. The van der Waals surface area contributed by atoms with Crippen molar-refractivity contribution in [3.8, 4) is 0 Å². The minimum absolute atomic E-state index is 0.778. The number of nitrogens with one attached hydrogen (secondary N) is 1. The van der Waals surface area contributed by atoms with Gasteiger partial charge < -0.3 is 9.73 Å². The molecule has 1 fully saturated rings. The van der Waals surface area contributed by atoms with Gasteiger partial charge in [0.15, 0.2) is 5.89 Å². The van der Waals surface area contributed by atoms with E-state index in [0.29, 0.717) is 0 Å². The number of aryl methyl sites for hydroxylation is 1. The van der Waals surface area contributed by atoms with E-state index in [-0.39, 0.29) is 0 Å². The summed E-state index contributed by atoms with van der Waals surface area (Å²) in [6.45, 7) is 4.32. The van der Waals surface area contributed by atoms with Crippen LogP contribution in [0.3, 0.4) is 0 Å². The highest BCUT2D eigenvalue weighted by atomic mass is 16.3. The standard InChI is InChI=1S/C9H14N2O/c1-2-9-11-8(6-12-9)3-7-4-10-5-7/h6-7,10H,2-5H2,1H3. The Bertz CT molecular complexity index is 253. The lowest BCUT2D eigenvalue weighted by Crippen LogP contribution is -2.43. The number of nitrogens with zero attached hydrogens (tertiary/aromatic N) is 1. The van der Waals surface area contributed by atoms with E-state index in [1.807, 2.05) is 0 Å². The van der Waals surface area contributed by atoms with Crippen molar-refractivity contribution in [3.05, 3.63) is 17.8 Å². The highest BCUT2D eigenvalue weighted by Crippen LogP contribution is 2.12. The van der Waals surface area contributed by atoms with Gasteiger partial charge >= 0.3 is 0 Å². The average molecular weight is 166 g/mol. The van der Waals surface area contributed by atoms with Crippen LogP contribution >= 0.6 is 0 Å². The van der Waals surface area contributed by atoms with Crippen molar-refractivity contribution >= 4 is 0 Å². The Balaban J connectivity index is 1.93. The van der Waals surface area contributed by atoms with Gasteiger partial charge in [-0.05, 0) is 25.4 Å². The van der Waals surface area contributed by atoms with Crippen LogP contribution in [0, 0.1) is 5.92 Å². The van der Waals surface area contributed by atoms with Crippen molar-refractivity contribution in [2.75, 3.05) is 13.1 Å². The monoisotopic (exact) mass is 166 g/mol. The Morgan fingerprint density at radius 3 is 3.00 bits per heavy atom. The van der Waals surface area contributed by atoms with Gasteiger partial charge in [0, 0.05) is 6.42 Å². The molecular weight excluding hydrogens is 152 g/mol. The Morgan fingerprint density at radius 1 is 1.67 bits per heavy atom. The van der Waals surface area contributed by atoms with Crippen LogP contribution in [0.25, 0.3) is 0 Å². The van der Waals surface area contributed by atoms with Gasteiger partial charge in [0.25, 0.3) is 0 Å². The SMILES string of the molecule is CCc1nc(CC2CNC2)co1. The Labute approximate surface area is 72.2 Å². The lowest BCUT2D eigenvalue weighted by molar-refractivity contribution is 0.344. The van der Waals surface area contributed by atoms with E-state index in [1.54, 1.807) is 6.26 Å². The first-order chi connectivity index (χ1) is 5.88. The van der Waals surface area contributed by atoms with Crippen LogP contribution in [0.5, 0.6) is 0 Å². The number of aromatic nitrogens is 1. The Kier molecular flexibility index (Phi) is 2.13. The molecule has 0 bridgehead atoms. The van der Waals surface area contributed by atoms with Gasteiger partial charge in [-0.2, -0.15) is 0 Å². The summed E-state index contributed by atoms with van der Waals surface area (Å²) in [5.41, 5.74) is 1.11. The fourth-order valence-corrected chi connectivity index (χ4v) is 1.39. The smallest absolute Gasteiger partial charge is 0.193 e. The Hall–Kier alpha value is -0.830. The van der Waals surface area contributed by atoms with Gasteiger partial charge in [-0.25, -0.2) is 4.98 Å². The van der Waals surface area contributed by atoms with Gasteiger partial charge in [-0.1, -0.05) is 6.92 Å². The van der Waals surface area contributed by atoms with Gasteiger partial charge in [0.05, 0.1) is 5.69 Å². The summed E-state index contributed by atoms with van der Waals surface area (Å²) in [5, 5.41) is 3.24. The minimum Gasteiger partial charge on any atom is -0.449 e. The quantitative estimate of drug-likeness (QED) is 0.728. The van der Waals surface area contributed by atoms with Crippen molar-refractivity contribution in [1.82, 2.24) is 10.3 Å². The molecular formula is C9H14N2O. The molecule has 1 aliphatic rings. The van der Waals surface area contributed by atoms with E-state index in [1.165, 1.54) is 0 Å². The van der Waals surface area contributed by atoms with E-state index >= 15 is 0 Å². The predicted molar refractivity (Wildman–Crippen MR) is 45.9 cm³/mol. The molecule has 0 aromatic carbocycles. The van der Waals surface area contributed by atoms with Crippen molar-refractivity contribution in [1.29, 1.82) is 0 Å². The van der Waals surface area contributed by atoms with Crippen LogP contribution in [-0.4, -0.2) is 18.1 Å². The summed E-state index contributed by atoms with van der Waals surface area (Å²) in [6.07, 6.45) is 3.75. The van der Waals surface area contributed by atoms with Gasteiger partial charge in [-0.15, -0.1) is 0 Å². The van der Waals surface area contributed by atoms with E-state index in [0.717, 1.165) is 43.4 Å². The molecule has 0 unspecified atom stereocenters. The summed E-state index contributed by atoms with van der Waals surface area (Å²) < 4.78 is 5.25. The van der Waals surface area contributed by atoms with Crippen molar-refractivity contribution in [2.45, 2.75) is 19.8 Å². The number of hydrogen-bond acceptors (Lipinski definition) is 3. The van der Waals surface area contributed by atoms with Crippen LogP contribution in [0.4, 0.5) is 0 Å². The third-order valence-corrected chi connectivity index (χ3v) is 2.27. The molecule has 0 atom stereocenters. The number of oxazole rings is 1. The molecule has 2 heterocycles. The van der Waals surface area contributed by atoms with Crippen LogP contribution in [-0.2, 0) is 12.8 Å². The minimum atomic E-state index is 0.778. The molecule has 0 spiro atoms. The number of hydrogen-bond donors (Lipinski definition) is 1. The maximum Gasteiger partial charge on any atom is 0.193 e. The highest BCUT2D eigenvalue weighted by molar-refractivity contribution is 4.99. The van der Waals surface area contributed by atoms with Gasteiger partial charge in [0.1, 0.15) is 6.26 Å². The molecule has 1 aromatic rings. The molecule has 0 saturated carbocycles. The number of rotatable bonds is 3. The highest BCUT2D eigenvalue weighted by Gasteiger charge is 2.18. The molecule has 66 valence electrons. The van der Waals surface area contributed by atoms with Crippen molar-refractivity contribution in [2.24, 2.45) is 5.92 Å². The molecule has 12 heavy (non-hydrogen) atoms. The van der Waals surface area contributed by atoms with E-state index in [2.05, 4.69) is 17.2 Å². The molecule has 3 nitrogen and oxygen atoms in total. The lowest BCUT2D eigenvalue weighted by Gasteiger charge is -2.25. The molecule has 2 rings (SSSR count). The predicted octanol–water partition coefficient (Wildman–Crippen LogP) is 0.999. The van der Waals surface area contributed by atoms with Crippen LogP contribution in [0.2, 0.25) is 0 Å². The zero-order valence-corrected chi connectivity index (χ0v) is 7.34. The molecule has 0 radical (unpaired) electrons. The topological polar surface area (TPSA) is 38.1 Å². The second-order valence-corrected chi connectivity index (χ2v) is 3.31. The summed E-state index contributed by atoms with van der Waals surface area (Å²) >= 11 is 0. The summed E-state index contributed by atoms with van der Waals surface area (Å²) in [6, 6.07) is 0. The van der Waals surface area contributed by atoms with Crippen LogP contribution < -0.4 is 5.32 Å². The fraction of sp³-hybridized carbons (Fsp3) is 0.667. The van der Waals surface area contributed by atoms with Crippen molar-refractivity contribution < 1.29 is 4.42 Å². The van der Waals surface area contributed by atoms with Crippen LogP contribution in [0.15, 0.2) is 10.7 Å². The molecule has 0 amide bonds. The average Bonchev–Trinajstić information content (AvgIpc) is 2.44. The van der Waals surface area contributed by atoms with E-state index < -0.39 is 0 Å². The summed E-state index contributed by atoms with van der Waals surface area (Å²) in [7, 11) is 0. The zero-order valence-electron chi connectivity index (χ0n) is 7.34. The lowest BCUT2D eigenvalue weighted by atomic mass is 9.98. The van der Waals surface area contributed by atoms with Crippen molar-refractivity contribution in [3.63, 3.8) is 0 Å². The molecule has 1 N–H and O–H groups in total. The first-order valence-corrected chi connectivity index (χ1v) is 4.52. The first kappa shape index (κ1) is 7.80. The molecule has 1 aliphatic heterocycles. The Morgan fingerprint density at radius 2 is 2.50 bits per heavy atom. The third-order valence-electron chi connectivity index (χ3n) is 2.27. The van der Waals surface area contributed by atoms with Gasteiger partial charge in [0.2, 0.25) is 0 Å². The zero-order chi connectivity index (χ0) is 8.39. The maximum atomic E-state index is 5.25. The summed E-state index contributed by atoms with van der Waals surface area (Å²) in [5.74, 6) is 1.64. The van der Waals surface area contributed by atoms with E-state index in [9.17, 15) is 0 Å². The maximum absolute atomic E-state index is 5.25. The van der Waals surface area contributed by atoms with E-state index in [4.69, 9.17) is 4.42 Å². The molecule has 1 saturated heterocycles. The third kappa shape index (κ3) is 1.50. The normalized spacial score (nSPS) is 17.8. The second kappa shape index (κ2) is 3.27.